The summed E-state index contributed by atoms with van der Waals surface area (Å²) in [6.45, 7) is 4.31. The molecule has 3 aromatic rings. The summed E-state index contributed by atoms with van der Waals surface area (Å²) in [5.41, 5.74) is 3.25. The summed E-state index contributed by atoms with van der Waals surface area (Å²) < 4.78 is 5.16. The van der Waals surface area contributed by atoms with Crippen molar-refractivity contribution in [2.24, 2.45) is 0 Å². The number of amides is 1. The zero-order valence-corrected chi connectivity index (χ0v) is 16.3. The van der Waals surface area contributed by atoms with Crippen molar-refractivity contribution in [3.8, 4) is 5.75 Å². The van der Waals surface area contributed by atoms with Gasteiger partial charge in [0.15, 0.2) is 0 Å². The molecule has 2 heterocycles. The van der Waals surface area contributed by atoms with Crippen LogP contribution >= 0.6 is 0 Å². The van der Waals surface area contributed by atoms with Crippen LogP contribution in [0.3, 0.4) is 0 Å². The molecule has 28 heavy (non-hydrogen) atoms. The molecule has 6 nitrogen and oxygen atoms in total. The third-order valence-corrected chi connectivity index (χ3v) is 5.50. The van der Waals surface area contributed by atoms with Crippen molar-refractivity contribution in [1.29, 1.82) is 0 Å². The lowest BCUT2D eigenvalue weighted by Gasteiger charge is -2.41. The molecule has 6 heteroatoms. The largest absolute Gasteiger partial charge is 0.497 e. The molecule has 1 aliphatic rings. The molecule has 0 bridgehead atoms. The molecule has 0 unspecified atom stereocenters. The maximum atomic E-state index is 12.5. The average Bonchev–Trinajstić information content (AvgIpc) is 3.10. The van der Waals surface area contributed by atoms with Crippen LogP contribution in [-0.2, 0) is 11.2 Å². The highest BCUT2D eigenvalue weighted by Gasteiger charge is 2.35. The normalized spacial score (nSPS) is 15.9. The van der Waals surface area contributed by atoms with Gasteiger partial charge in [-0.25, -0.2) is 4.98 Å². The number of para-hydroxylation sites is 2. The number of carbonyl (C=O) groups is 1. The van der Waals surface area contributed by atoms with E-state index in [1.165, 1.54) is 5.56 Å². The molecule has 1 aromatic heterocycles. The standard InChI is InChI=1S/C22H26N4O2/c1-15(22(27)23-12-11-16-7-9-18(28-2)10-8-16)26-13-17(14-26)21-24-19-5-3-4-6-20(19)25-21/h3-10,15,17H,11-14H2,1-2H3,(H,23,27)(H,24,25)/t15-/m1/s1. The number of hydrogen-bond donors (Lipinski definition) is 2. The van der Waals surface area contributed by atoms with Crippen LogP contribution in [0.2, 0.25) is 0 Å². The fourth-order valence-corrected chi connectivity index (χ4v) is 3.60. The Hall–Kier alpha value is -2.86. The van der Waals surface area contributed by atoms with Crippen LogP contribution in [-0.4, -0.2) is 53.6 Å². The molecule has 2 aromatic carbocycles. The van der Waals surface area contributed by atoms with Gasteiger partial charge in [0.05, 0.1) is 24.2 Å². The number of ether oxygens (including phenoxy) is 1. The summed E-state index contributed by atoms with van der Waals surface area (Å²) >= 11 is 0. The van der Waals surface area contributed by atoms with E-state index in [2.05, 4.69) is 20.2 Å². The van der Waals surface area contributed by atoms with Gasteiger partial charge in [0, 0.05) is 25.6 Å². The summed E-state index contributed by atoms with van der Waals surface area (Å²) in [7, 11) is 1.66. The maximum Gasteiger partial charge on any atom is 0.237 e. The van der Waals surface area contributed by atoms with Crippen LogP contribution in [0.25, 0.3) is 11.0 Å². The predicted molar refractivity (Wildman–Crippen MR) is 110 cm³/mol. The number of aromatic amines is 1. The predicted octanol–water partition coefficient (Wildman–Crippen LogP) is 2.72. The topological polar surface area (TPSA) is 70.2 Å². The van der Waals surface area contributed by atoms with Crippen molar-refractivity contribution in [2.75, 3.05) is 26.7 Å². The Morgan fingerprint density at radius 2 is 2.00 bits per heavy atom. The minimum atomic E-state index is -0.128. The van der Waals surface area contributed by atoms with Crippen LogP contribution in [0.5, 0.6) is 5.75 Å². The lowest BCUT2D eigenvalue weighted by atomic mass is 9.97. The Labute approximate surface area is 164 Å². The molecule has 0 radical (unpaired) electrons. The molecule has 1 amide bonds. The molecule has 0 spiro atoms. The van der Waals surface area contributed by atoms with Gasteiger partial charge in [-0.2, -0.15) is 0 Å². The van der Waals surface area contributed by atoms with Crippen molar-refractivity contribution < 1.29 is 9.53 Å². The van der Waals surface area contributed by atoms with Crippen LogP contribution in [0, 0.1) is 0 Å². The van der Waals surface area contributed by atoms with Crippen molar-refractivity contribution in [2.45, 2.75) is 25.3 Å². The fourth-order valence-electron chi connectivity index (χ4n) is 3.60. The number of nitrogens with zero attached hydrogens (tertiary/aromatic N) is 2. The van der Waals surface area contributed by atoms with Gasteiger partial charge in [-0.05, 0) is 43.2 Å². The van der Waals surface area contributed by atoms with E-state index in [4.69, 9.17) is 4.74 Å². The van der Waals surface area contributed by atoms with Gasteiger partial charge < -0.3 is 15.0 Å². The van der Waals surface area contributed by atoms with Crippen LogP contribution in [0.15, 0.2) is 48.5 Å². The number of H-pyrrole nitrogens is 1. The van der Waals surface area contributed by atoms with Crippen molar-refractivity contribution >= 4 is 16.9 Å². The molecule has 4 rings (SSSR count). The number of rotatable bonds is 7. The lowest BCUT2D eigenvalue weighted by Crippen LogP contribution is -2.55. The highest BCUT2D eigenvalue weighted by Crippen LogP contribution is 2.28. The van der Waals surface area contributed by atoms with Gasteiger partial charge in [-0.3, -0.25) is 9.69 Å². The minimum absolute atomic E-state index is 0.0802. The van der Waals surface area contributed by atoms with Crippen LogP contribution in [0.4, 0.5) is 0 Å². The van der Waals surface area contributed by atoms with Crippen molar-refractivity contribution in [1.82, 2.24) is 20.2 Å². The number of likely N-dealkylation sites (tertiary alicyclic amines) is 1. The van der Waals surface area contributed by atoms with E-state index < -0.39 is 0 Å². The zero-order chi connectivity index (χ0) is 19.5. The second-order valence-electron chi connectivity index (χ2n) is 7.36. The van der Waals surface area contributed by atoms with Crippen LogP contribution < -0.4 is 10.1 Å². The number of fused-ring (bicyclic) bond motifs is 1. The molecule has 1 atom stereocenters. The van der Waals surface area contributed by atoms with Crippen molar-refractivity contribution in [3.63, 3.8) is 0 Å². The van der Waals surface area contributed by atoms with Gasteiger partial charge in [0.1, 0.15) is 11.6 Å². The summed E-state index contributed by atoms with van der Waals surface area (Å²) in [6.07, 6.45) is 0.810. The molecule has 1 fully saturated rings. The van der Waals surface area contributed by atoms with Crippen molar-refractivity contribution in [3.05, 3.63) is 59.9 Å². The maximum absolute atomic E-state index is 12.5. The van der Waals surface area contributed by atoms with E-state index in [9.17, 15) is 4.79 Å². The number of imidazole rings is 1. The number of benzene rings is 2. The third-order valence-electron chi connectivity index (χ3n) is 5.50. The first kappa shape index (κ1) is 18.5. The average molecular weight is 378 g/mol. The molecule has 146 valence electrons. The van der Waals surface area contributed by atoms with E-state index in [-0.39, 0.29) is 11.9 Å². The third kappa shape index (κ3) is 3.87. The molecule has 0 aliphatic carbocycles. The van der Waals surface area contributed by atoms with Gasteiger partial charge in [0.25, 0.3) is 0 Å². The Morgan fingerprint density at radius 1 is 1.25 bits per heavy atom. The number of aromatic nitrogens is 2. The minimum Gasteiger partial charge on any atom is -0.497 e. The fraction of sp³-hybridized carbons (Fsp3) is 0.364. The Bertz CT molecular complexity index is 912. The van der Waals surface area contributed by atoms with Gasteiger partial charge in [-0.1, -0.05) is 24.3 Å². The van der Waals surface area contributed by atoms with Crippen LogP contribution in [0.1, 0.15) is 24.2 Å². The van der Waals surface area contributed by atoms with E-state index in [0.29, 0.717) is 12.5 Å². The Balaban J connectivity index is 1.23. The molecule has 2 N–H and O–H groups in total. The van der Waals surface area contributed by atoms with Gasteiger partial charge in [0.2, 0.25) is 5.91 Å². The SMILES string of the molecule is COc1ccc(CCNC(=O)[C@@H](C)N2CC(c3nc4ccccc4[nH]3)C2)cc1. The Kier molecular flexibility index (Phi) is 5.30. The summed E-state index contributed by atoms with van der Waals surface area (Å²) in [5, 5.41) is 3.05. The highest BCUT2D eigenvalue weighted by molar-refractivity contribution is 5.81. The highest BCUT2D eigenvalue weighted by atomic mass is 16.5. The summed E-state index contributed by atoms with van der Waals surface area (Å²) in [4.78, 5) is 22.7. The summed E-state index contributed by atoms with van der Waals surface area (Å²) in [5.74, 6) is 2.31. The van der Waals surface area contributed by atoms with Gasteiger partial charge in [-0.15, -0.1) is 0 Å². The molecule has 0 saturated carbocycles. The molecule has 1 saturated heterocycles. The molecule has 1 aliphatic heterocycles. The molecular formula is C22H26N4O2. The van der Waals surface area contributed by atoms with Gasteiger partial charge >= 0.3 is 0 Å². The monoisotopic (exact) mass is 378 g/mol. The van der Waals surface area contributed by atoms with E-state index in [1.807, 2.05) is 55.5 Å². The number of hydrogen-bond acceptors (Lipinski definition) is 4. The number of carbonyl (C=O) groups excluding carboxylic acids is 1. The first-order valence-corrected chi connectivity index (χ1v) is 9.73. The second kappa shape index (κ2) is 8.02. The second-order valence-corrected chi connectivity index (χ2v) is 7.36. The first-order chi connectivity index (χ1) is 13.6. The van der Waals surface area contributed by atoms with E-state index in [1.54, 1.807) is 7.11 Å². The quantitative estimate of drug-likeness (QED) is 0.663. The summed E-state index contributed by atoms with van der Waals surface area (Å²) in [6, 6.07) is 15.9. The molecular weight excluding hydrogens is 352 g/mol. The van der Waals surface area contributed by atoms with E-state index in [0.717, 1.165) is 42.1 Å². The number of nitrogens with one attached hydrogen (secondary N) is 2. The number of methoxy groups -OCH3 is 1. The smallest absolute Gasteiger partial charge is 0.237 e. The first-order valence-electron chi connectivity index (χ1n) is 9.73. The zero-order valence-electron chi connectivity index (χ0n) is 16.3. The lowest BCUT2D eigenvalue weighted by molar-refractivity contribution is -0.127. The van der Waals surface area contributed by atoms with E-state index >= 15 is 0 Å². The Morgan fingerprint density at radius 3 is 2.71 bits per heavy atom.